The molecule has 0 amide bonds. The Morgan fingerprint density at radius 1 is 1.13 bits per heavy atom. The van der Waals surface area contributed by atoms with Crippen LogP contribution in [-0.4, -0.2) is 67.0 Å². The van der Waals surface area contributed by atoms with E-state index in [1.165, 1.54) is 12.8 Å². The van der Waals surface area contributed by atoms with Crippen LogP contribution in [0.1, 0.15) is 37.4 Å². The van der Waals surface area contributed by atoms with Crippen molar-refractivity contribution in [1.29, 1.82) is 0 Å². The van der Waals surface area contributed by atoms with Crippen LogP contribution in [0.25, 0.3) is 0 Å². The maximum absolute atomic E-state index is 12.0. The van der Waals surface area contributed by atoms with Crippen LogP contribution in [0.3, 0.4) is 0 Å². The quantitative estimate of drug-likeness (QED) is 0.819. The molecule has 3 heterocycles. The highest BCUT2D eigenvalue weighted by Crippen LogP contribution is 2.38. The molecule has 23 heavy (non-hydrogen) atoms. The molecular formula is C16H24N4O2S. The molecule has 126 valence electrons. The van der Waals surface area contributed by atoms with E-state index < -0.39 is 9.84 Å². The summed E-state index contributed by atoms with van der Waals surface area (Å²) in [5, 5.41) is -0.144. The van der Waals surface area contributed by atoms with Gasteiger partial charge >= 0.3 is 0 Å². The first-order chi connectivity index (χ1) is 11.1. The van der Waals surface area contributed by atoms with E-state index in [2.05, 4.69) is 14.8 Å². The fraction of sp³-hybridized carbons (Fsp3) is 0.750. The van der Waals surface area contributed by atoms with Gasteiger partial charge in [0.25, 0.3) is 0 Å². The van der Waals surface area contributed by atoms with E-state index >= 15 is 0 Å². The van der Waals surface area contributed by atoms with Gasteiger partial charge in [0.05, 0.1) is 11.0 Å². The zero-order valence-corrected chi connectivity index (χ0v) is 14.2. The van der Waals surface area contributed by atoms with Gasteiger partial charge in [-0.2, -0.15) is 0 Å². The number of anilines is 1. The molecule has 0 radical (unpaired) electrons. The molecule has 0 spiro atoms. The molecule has 2 saturated heterocycles. The van der Waals surface area contributed by atoms with Crippen LogP contribution in [0.2, 0.25) is 0 Å². The number of aromatic nitrogens is 2. The molecule has 3 fully saturated rings. The van der Waals surface area contributed by atoms with E-state index in [0.717, 1.165) is 50.7 Å². The predicted molar refractivity (Wildman–Crippen MR) is 89.5 cm³/mol. The van der Waals surface area contributed by atoms with Gasteiger partial charge in [-0.3, -0.25) is 4.90 Å². The van der Waals surface area contributed by atoms with Gasteiger partial charge in [-0.15, -0.1) is 0 Å². The Hall–Kier alpha value is -1.21. The van der Waals surface area contributed by atoms with Gasteiger partial charge < -0.3 is 4.90 Å². The van der Waals surface area contributed by atoms with Crippen molar-refractivity contribution >= 4 is 15.7 Å². The lowest BCUT2D eigenvalue weighted by atomic mass is 10.2. The summed E-state index contributed by atoms with van der Waals surface area (Å²) >= 11 is 0. The zero-order chi connectivity index (χ0) is 15.9. The second-order valence-electron chi connectivity index (χ2n) is 6.97. The van der Waals surface area contributed by atoms with Crippen LogP contribution in [0.15, 0.2) is 12.3 Å². The van der Waals surface area contributed by atoms with Gasteiger partial charge in [0.1, 0.15) is 11.6 Å². The van der Waals surface area contributed by atoms with Crippen LogP contribution in [0.4, 0.5) is 5.82 Å². The molecule has 1 saturated carbocycles. The monoisotopic (exact) mass is 336 g/mol. The summed E-state index contributed by atoms with van der Waals surface area (Å²) in [5.41, 5.74) is 0. The van der Waals surface area contributed by atoms with Gasteiger partial charge in [0.15, 0.2) is 9.84 Å². The molecule has 0 unspecified atom stereocenters. The number of hydrogen-bond donors (Lipinski definition) is 0. The number of sulfone groups is 1. The number of hydrogen-bond acceptors (Lipinski definition) is 6. The van der Waals surface area contributed by atoms with Gasteiger partial charge in [0, 0.05) is 44.8 Å². The molecule has 0 bridgehead atoms. The number of nitrogens with zero attached hydrogens (tertiary/aromatic N) is 4. The first-order valence-corrected chi connectivity index (χ1v) is 10.4. The lowest BCUT2D eigenvalue weighted by Crippen LogP contribution is -2.49. The third-order valence-electron chi connectivity index (χ3n) is 5.22. The second kappa shape index (κ2) is 6.02. The minimum absolute atomic E-state index is 0.144. The Kier molecular flexibility index (Phi) is 4.01. The van der Waals surface area contributed by atoms with E-state index in [1.807, 2.05) is 12.3 Å². The first-order valence-electron chi connectivity index (χ1n) is 8.64. The third kappa shape index (κ3) is 3.35. The van der Waals surface area contributed by atoms with Gasteiger partial charge in [-0.25, -0.2) is 18.4 Å². The van der Waals surface area contributed by atoms with Gasteiger partial charge in [0.2, 0.25) is 0 Å². The maximum atomic E-state index is 12.0. The normalized spacial score (nSPS) is 28.2. The fourth-order valence-corrected chi connectivity index (χ4v) is 5.46. The average molecular weight is 336 g/mol. The van der Waals surface area contributed by atoms with E-state index in [9.17, 15) is 8.42 Å². The van der Waals surface area contributed by atoms with E-state index in [4.69, 9.17) is 4.98 Å². The van der Waals surface area contributed by atoms with Crippen molar-refractivity contribution in [3.05, 3.63) is 18.1 Å². The van der Waals surface area contributed by atoms with Crippen LogP contribution in [0, 0.1) is 0 Å². The number of rotatable bonds is 4. The molecule has 1 aromatic heterocycles. The van der Waals surface area contributed by atoms with E-state index in [-0.39, 0.29) is 5.25 Å². The number of piperazine rings is 1. The fourth-order valence-electron chi connectivity index (χ4n) is 3.59. The topological polar surface area (TPSA) is 66.4 Å². The molecule has 6 nitrogen and oxygen atoms in total. The Morgan fingerprint density at radius 2 is 1.91 bits per heavy atom. The molecule has 7 heteroatoms. The molecule has 2 aliphatic heterocycles. The SMILES string of the molecule is O=S1(=O)CCC[C@H]1CN1CCN(c2ccnc(C3CC3)n2)CC1. The lowest BCUT2D eigenvalue weighted by molar-refractivity contribution is 0.255. The van der Waals surface area contributed by atoms with Crippen molar-refractivity contribution in [3.8, 4) is 0 Å². The summed E-state index contributed by atoms with van der Waals surface area (Å²) in [4.78, 5) is 13.7. The van der Waals surface area contributed by atoms with Crippen LogP contribution in [0.5, 0.6) is 0 Å². The van der Waals surface area contributed by atoms with Crippen LogP contribution >= 0.6 is 0 Å². The molecular weight excluding hydrogens is 312 g/mol. The minimum Gasteiger partial charge on any atom is -0.354 e. The van der Waals surface area contributed by atoms with Gasteiger partial charge in [-0.1, -0.05) is 0 Å². The molecule has 3 aliphatic rings. The molecule has 1 atom stereocenters. The van der Waals surface area contributed by atoms with Crippen molar-refractivity contribution in [2.75, 3.05) is 43.4 Å². The van der Waals surface area contributed by atoms with Crippen molar-refractivity contribution in [3.63, 3.8) is 0 Å². The van der Waals surface area contributed by atoms with E-state index in [0.29, 0.717) is 18.2 Å². The molecule has 1 aliphatic carbocycles. The summed E-state index contributed by atoms with van der Waals surface area (Å²) in [6.45, 7) is 4.35. The summed E-state index contributed by atoms with van der Waals surface area (Å²) in [6.07, 6.45) is 5.96. The van der Waals surface area contributed by atoms with Gasteiger partial charge in [-0.05, 0) is 31.7 Å². The molecule has 0 aromatic carbocycles. The maximum Gasteiger partial charge on any atom is 0.154 e. The Bertz CT molecular complexity index is 666. The molecule has 1 aromatic rings. The summed E-state index contributed by atoms with van der Waals surface area (Å²) in [5.74, 6) is 2.96. The summed E-state index contributed by atoms with van der Waals surface area (Å²) in [6, 6.07) is 1.99. The predicted octanol–water partition coefficient (Wildman–Crippen LogP) is 1.05. The average Bonchev–Trinajstić information content (AvgIpc) is 3.35. The molecule has 4 rings (SSSR count). The Morgan fingerprint density at radius 3 is 2.57 bits per heavy atom. The van der Waals surface area contributed by atoms with Crippen molar-refractivity contribution in [2.24, 2.45) is 0 Å². The highest BCUT2D eigenvalue weighted by atomic mass is 32.2. The highest BCUT2D eigenvalue weighted by molar-refractivity contribution is 7.92. The largest absolute Gasteiger partial charge is 0.354 e. The Balaban J connectivity index is 1.35. The third-order valence-corrected chi connectivity index (χ3v) is 7.48. The van der Waals surface area contributed by atoms with Crippen molar-refractivity contribution in [1.82, 2.24) is 14.9 Å². The van der Waals surface area contributed by atoms with Crippen molar-refractivity contribution in [2.45, 2.75) is 36.9 Å². The van der Waals surface area contributed by atoms with Crippen LogP contribution < -0.4 is 4.90 Å². The van der Waals surface area contributed by atoms with Crippen molar-refractivity contribution < 1.29 is 8.42 Å². The smallest absolute Gasteiger partial charge is 0.154 e. The minimum atomic E-state index is -2.84. The standard InChI is InChI=1S/C16H24N4O2S/c21-23(22)11-1-2-14(23)12-19-7-9-20(10-8-19)15-5-6-17-16(18-15)13-3-4-13/h5-6,13-14H,1-4,7-12H2/t14-/m0/s1. The second-order valence-corrected chi connectivity index (χ2v) is 9.37. The van der Waals surface area contributed by atoms with Crippen LogP contribution in [-0.2, 0) is 9.84 Å². The highest BCUT2D eigenvalue weighted by Gasteiger charge is 2.33. The summed E-state index contributed by atoms with van der Waals surface area (Å²) in [7, 11) is -2.84. The van der Waals surface area contributed by atoms with E-state index in [1.54, 1.807) is 0 Å². The Labute approximate surface area is 137 Å². The first kappa shape index (κ1) is 15.3. The lowest BCUT2D eigenvalue weighted by Gasteiger charge is -2.36. The summed E-state index contributed by atoms with van der Waals surface area (Å²) < 4.78 is 23.9. The zero-order valence-electron chi connectivity index (χ0n) is 13.4. The molecule has 0 N–H and O–H groups in total.